The molecule has 2 aromatic heterocycles. The highest BCUT2D eigenvalue weighted by atomic mass is 32.2. The molecule has 6 nitrogen and oxygen atoms in total. The highest BCUT2D eigenvalue weighted by Crippen LogP contribution is 2.28. The van der Waals surface area contributed by atoms with Gasteiger partial charge in [0, 0.05) is 31.6 Å². The Balaban J connectivity index is 1.73. The second kappa shape index (κ2) is 7.96. The smallest absolute Gasteiger partial charge is 0.225 e. The normalized spacial score (nSPS) is 10.9. The zero-order chi connectivity index (χ0) is 18.7. The van der Waals surface area contributed by atoms with Gasteiger partial charge in [-0.05, 0) is 19.1 Å². The van der Waals surface area contributed by atoms with Crippen molar-refractivity contribution in [2.24, 2.45) is 7.05 Å². The fraction of sp³-hybridized carbons (Fsp3) is 0.294. The molecule has 0 fully saturated rings. The molecule has 136 valence electrons. The second-order valence-corrected chi connectivity index (χ2v) is 7.30. The standard InChI is InChI=1S/C17H18FN5OS2/c1-4-23(11(2)24)16-19-12(9-25-16)10-26-17-21-20-15(22(17)3)13-7-5-6-8-14(13)18/h5-9H,4,10H2,1-3H3. The number of hydrogen-bond donors (Lipinski definition) is 0. The Kier molecular flexibility index (Phi) is 5.67. The third kappa shape index (κ3) is 3.78. The third-order valence-corrected chi connectivity index (χ3v) is 5.73. The molecule has 2 heterocycles. The van der Waals surface area contributed by atoms with Gasteiger partial charge in [0.25, 0.3) is 0 Å². The molecule has 0 saturated heterocycles. The number of hydrogen-bond acceptors (Lipinski definition) is 6. The summed E-state index contributed by atoms with van der Waals surface area (Å²) >= 11 is 2.91. The first-order valence-electron chi connectivity index (χ1n) is 8.00. The molecule has 0 aliphatic rings. The molecule has 0 aliphatic heterocycles. The number of benzene rings is 1. The highest BCUT2D eigenvalue weighted by molar-refractivity contribution is 7.98. The van der Waals surface area contributed by atoms with Crippen LogP contribution in [0, 0.1) is 5.82 Å². The summed E-state index contributed by atoms with van der Waals surface area (Å²) < 4.78 is 15.7. The lowest BCUT2D eigenvalue weighted by molar-refractivity contribution is -0.116. The van der Waals surface area contributed by atoms with Crippen molar-refractivity contribution in [3.8, 4) is 11.4 Å². The Labute approximate surface area is 159 Å². The van der Waals surface area contributed by atoms with Crippen molar-refractivity contribution in [2.45, 2.75) is 24.8 Å². The van der Waals surface area contributed by atoms with E-state index in [1.54, 1.807) is 27.7 Å². The van der Waals surface area contributed by atoms with E-state index in [2.05, 4.69) is 15.2 Å². The van der Waals surface area contributed by atoms with Gasteiger partial charge >= 0.3 is 0 Å². The van der Waals surface area contributed by atoms with Gasteiger partial charge in [0.15, 0.2) is 16.1 Å². The minimum Gasteiger partial charge on any atom is -0.305 e. The predicted octanol–water partition coefficient (Wildman–Crippen LogP) is 3.74. The van der Waals surface area contributed by atoms with Gasteiger partial charge in [0.1, 0.15) is 5.82 Å². The van der Waals surface area contributed by atoms with Crippen LogP contribution in [-0.4, -0.2) is 32.2 Å². The van der Waals surface area contributed by atoms with Gasteiger partial charge in [0.05, 0.1) is 11.3 Å². The third-order valence-electron chi connectivity index (χ3n) is 3.77. The number of thioether (sulfide) groups is 1. The van der Waals surface area contributed by atoms with Crippen molar-refractivity contribution in [3.05, 3.63) is 41.2 Å². The topological polar surface area (TPSA) is 63.9 Å². The molecular formula is C17H18FN5OS2. The summed E-state index contributed by atoms with van der Waals surface area (Å²) in [7, 11) is 1.81. The fourth-order valence-electron chi connectivity index (χ4n) is 2.44. The largest absolute Gasteiger partial charge is 0.305 e. The van der Waals surface area contributed by atoms with Crippen LogP contribution in [0.4, 0.5) is 9.52 Å². The van der Waals surface area contributed by atoms with Crippen LogP contribution >= 0.6 is 23.1 Å². The maximum absolute atomic E-state index is 14.0. The Morgan fingerprint density at radius 1 is 1.35 bits per heavy atom. The lowest BCUT2D eigenvalue weighted by atomic mass is 10.2. The second-order valence-electron chi connectivity index (χ2n) is 5.52. The molecule has 0 atom stereocenters. The van der Waals surface area contributed by atoms with Gasteiger partial charge in [-0.2, -0.15) is 0 Å². The van der Waals surface area contributed by atoms with Crippen LogP contribution in [0.25, 0.3) is 11.4 Å². The molecule has 0 radical (unpaired) electrons. The zero-order valence-electron chi connectivity index (χ0n) is 14.6. The zero-order valence-corrected chi connectivity index (χ0v) is 16.3. The summed E-state index contributed by atoms with van der Waals surface area (Å²) in [5, 5.41) is 11.6. The van der Waals surface area contributed by atoms with Gasteiger partial charge in [-0.25, -0.2) is 9.37 Å². The van der Waals surface area contributed by atoms with E-state index in [0.717, 1.165) is 5.69 Å². The first-order chi connectivity index (χ1) is 12.5. The molecule has 3 rings (SSSR count). The van der Waals surface area contributed by atoms with Crippen LogP contribution < -0.4 is 4.90 Å². The molecular weight excluding hydrogens is 373 g/mol. The van der Waals surface area contributed by atoms with E-state index >= 15 is 0 Å². The van der Waals surface area contributed by atoms with Crippen LogP contribution in [-0.2, 0) is 17.6 Å². The minimum atomic E-state index is -0.326. The SMILES string of the molecule is CCN(C(C)=O)c1nc(CSc2nnc(-c3ccccc3F)n2C)cs1. The quantitative estimate of drug-likeness (QED) is 0.599. The number of thiazole rings is 1. The van der Waals surface area contributed by atoms with E-state index in [0.29, 0.717) is 34.0 Å². The van der Waals surface area contributed by atoms with Crippen molar-refractivity contribution in [3.63, 3.8) is 0 Å². The first-order valence-corrected chi connectivity index (χ1v) is 9.87. The first kappa shape index (κ1) is 18.5. The Morgan fingerprint density at radius 2 is 2.12 bits per heavy atom. The summed E-state index contributed by atoms with van der Waals surface area (Å²) in [5.74, 6) is 0.727. The molecule has 3 aromatic rings. The van der Waals surface area contributed by atoms with E-state index in [9.17, 15) is 9.18 Å². The molecule has 0 saturated carbocycles. The number of amides is 1. The molecule has 26 heavy (non-hydrogen) atoms. The molecule has 0 unspecified atom stereocenters. The maximum Gasteiger partial charge on any atom is 0.225 e. The van der Waals surface area contributed by atoms with Crippen molar-refractivity contribution in [2.75, 3.05) is 11.4 Å². The molecule has 0 spiro atoms. The monoisotopic (exact) mass is 391 g/mol. The Hall–Kier alpha value is -2.26. The van der Waals surface area contributed by atoms with Crippen molar-refractivity contribution < 1.29 is 9.18 Å². The van der Waals surface area contributed by atoms with Gasteiger partial charge in [-0.3, -0.25) is 9.69 Å². The van der Waals surface area contributed by atoms with E-state index in [1.165, 1.54) is 36.1 Å². The van der Waals surface area contributed by atoms with Crippen LogP contribution in [0.15, 0.2) is 34.8 Å². The van der Waals surface area contributed by atoms with Crippen molar-refractivity contribution in [1.82, 2.24) is 19.7 Å². The minimum absolute atomic E-state index is 0.0242. The number of carbonyl (C=O) groups is 1. The average Bonchev–Trinajstić information content (AvgIpc) is 3.21. The lowest BCUT2D eigenvalue weighted by Crippen LogP contribution is -2.27. The molecule has 1 amide bonds. The van der Waals surface area contributed by atoms with Crippen LogP contribution in [0.1, 0.15) is 19.5 Å². The molecule has 0 N–H and O–H groups in total. The number of anilines is 1. The fourth-order valence-corrected chi connectivity index (χ4v) is 4.28. The van der Waals surface area contributed by atoms with Crippen molar-refractivity contribution in [1.29, 1.82) is 0 Å². The molecule has 1 aromatic carbocycles. The highest BCUT2D eigenvalue weighted by Gasteiger charge is 2.16. The van der Waals surface area contributed by atoms with Crippen LogP contribution in [0.2, 0.25) is 0 Å². The number of halogens is 1. The van der Waals surface area contributed by atoms with E-state index in [1.807, 2.05) is 19.4 Å². The molecule has 0 aliphatic carbocycles. The van der Waals surface area contributed by atoms with Crippen molar-refractivity contribution >= 4 is 34.1 Å². The summed E-state index contributed by atoms with van der Waals surface area (Å²) in [6.45, 7) is 4.04. The summed E-state index contributed by atoms with van der Waals surface area (Å²) in [4.78, 5) is 17.8. The lowest BCUT2D eigenvalue weighted by Gasteiger charge is -2.14. The van der Waals surface area contributed by atoms with E-state index in [4.69, 9.17) is 0 Å². The van der Waals surface area contributed by atoms with Crippen LogP contribution in [0.5, 0.6) is 0 Å². The van der Waals surface area contributed by atoms with E-state index in [-0.39, 0.29) is 11.7 Å². The number of rotatable bonds is 6. The van der Waals surface area contributed by atoms with Gasteiger partial charge in [-0.15, -0.1) is 21.5 Å². The summed E-state index contributed by atoms with van der Waals surface area (Å²) in [6.07, 6.45) is 0. The van der Waals surface area contributed by atoms with Gasteiger partial charge in [-0.1, -0.05) is 23.9 Å². The van der Waals surface area contributed by atoms with Gasteiger partial charge < -0.3 is 4.57 Å². The molecule has 9 heteroatoms. The predicted molar refractivity (Wildman–Crippen MR) is 102 cm³/mol. The number of carbonyl (C=O) groups excluding carboxylic acids is 1. The molecule has 0 bridgehead atoms. The Bertz CT molecular complexity index is 924. The van der Waals surface area contributed by atoms with Crippen LogP contribution in [0.3, 0.4) is 0 Å². The average molecular weight is 391 g/mol. The van der Waals surface area contributed by atoms with E-state index < -0.39 is 0 Å². The number of nitrogens with zero attached hydrogens (tertiary/aromatic N) is 5. The number of aromatic nitrogens is 4. The maximum atomic E-state index is 14.0. The van der Waals surface area contributed by atoms with Gasteiger partial charge in [0.2, 0.25) is 5.91 Å². The Morgan fingerprint density at radius 3 is 2.81 bits per heavy atom. The summed E-state index contributed by atoms with van der Waals surface area (Å²) in [6, 6.07) is 6.50. The summed E-state index contributed by atoms with van der Waals surface area (Å²) in [5.41, 5.74) is 1.29.